The van der Waals surface area contributed by atoms with Gasteiger partial charge < -0.3 is 4.42 Å². The zero-order valence-corrected chi connectivity index (χ0v) is 10.1. The molecule has 0 N–H and O–H groups in total. The van der Waals surface area contributed by atoms with Gasteiger partial charge in [-0.1, -0.05) is 18.2 Å². The lowest BCUT2D eigenvalue weighted by molar-refractivity contribution is 0.281. The van der Waals surface area contributed by atoms with Gasteiger partial charge in [-0.3, -0.25) is 4.90 Å². The van der Waals surface area contributed by atoms with E-state index in [0.717, 1.165) is 11.5 Å². The number of benzene rings is 1. The molecule has 0 aliphatic carbocycles. The van der Waals surface area contributed by atoms with Crippen molar-refractivity contribution in [2.24, 2.45) is 0 Å². The van der Waals surface area contributed by atoms with Crippen molar-refractivity contribution in [3.05, 3.63) is 59.3 Å². The number of aryl methyl sites for hydroxylation is 1. The molecular formula is C14H16FNO. The monoisotopic (exact) mass is 233 g/mol. The average Bonchev–Trinajstić information content (AvgIpc) is 2.67. The first-order valence-corrected chi connectivity index (χ1v) is 5.62. The summed E-state index contributed by atoms with van der Waals surface area (Å²) in [5.74, 6) is 1.65. The van der Waals surface area contributed by atoms with Crippen LogP contribution in [-0.4, -0.2) is 11.9 Å². The highest BCUT2D eigenvalue weighted by molar-refractivity contribution is 5.17. The molecule has 0 saturated carbocycles. The van der Waals surface area contributed by atoms with Gasteiger partial charge in [-0.15, -0.1) is 0 Å². The topological polar surface area (TPSA) is 16.4 Å². The number of furan rings is 1. The molecule has 0 amide bonds. The molecule has 2 rings (SSSR count). The molecule has 0 radical (unpaired) electrons. The third kappa shape index (κ3) is 3.17. The van der Waals surface area contributed by atoms with Crippen LogP contribution < -0.4 is 0 Å². The summed E-state index contributed by atoms with van der Waals surface area (Å²) in [6.07, 6.45) is 0. The van der Waals surface area contributed by atoms with Crippen LogP contribution in [0, 0.1) is 12.7 Å². The van der Waals surface area contributed by atoms with E-state index in [4.69, 9.17) is 4.42 Å². The van der Waals surface area contributed by atoms with Crippen LogP contribution in [0.1, 0.15) is 17.1 Å². The number of nitrogens with zero attached hydrogens (tertiary/aromatic N) is 1. The van der Waals surface area contributed by atoms with Gasteiger partial charge in [0.2, 0.25) is 0 Å². The molecule has 1 aromatic carbocycles. The van der Waals surface area contributed by atoms with Crippen LogP contribution in [0.4, 0.5) is 4.39 Å². The first-order valence-electron chi connectivity index (χ1n) is 5.62. The average molecular weight is 233 g/mol. The maximum Gasteiger partial charge on any atom is 0.127 e. The summed E-state index contributed by atoms with van der Waals surface area (Å²) in [5.41, 5.74) is 0.707. The van der Waals surface area contributed by atoms with Gasteiger partial charge in [0.1, 0.15) is 17.3 Å². The molecule has 1 heterocycles. The van der Waals surface area contributed by atoms with E-state index in [1.165, 1.54) is 6.07 Å². The van der Waals surface area contributed by atoms with Gasteiger partial charge in [-0.2, -0.15) is 0 Å². The second-order valence-electron chi connectivity index (χ2n) is 4.28. The van der Waals surface area contributed by atoms with Crippen molar-refractivity contribution in [3.63, 3.8) is 0 Å². The van der Waals surface area contributed by atoms with Gasteiger partial charge in [0.15, 0.2) is 0 Å². The van der Waals surface area contributed by atoms with Crippen molar-refractivity contribution in [2.45, 2.75) is 20.0 Å². The Kier molecular flexibility index (Phi) is 3.59. The van der Waals surface area contributed by atoms with E-state index in [1.807, 2.05) is 37.1 Å². The maximum atomic E-state index is 13.4. The molecule has 0 aliphatic heterocycles. The summed E-state index contributed by atoms with van der Waals surface area (Å²) >= 11 is 0. The van der Waals surface area contributed by atoms with Crippen LogP contribution >= 0.6 is 0 Å². The van der Waals surface area contributed by atoms with Crippen molar-refractivity contribution in [1.29, 1.82) is 0 Å². The number of rotatable bonds is 4. The molecule has 3 heteroatoms. The molecular weight excluding hydrogens is 217 g/mol. The highest BCUT2D eigenvalue weighted by Crippen LogP contribution is 2.13. The molecule has 0 bridgehead atoms. The van der Waals surface area contributed by atoms with E-state index in [2.05, 4.69) is 0 Å². The van der Waals surface area contributed by atoms with Crippen LogP contribution in [0.3, 0.4) is 0 Å². The van der Waals surface area contributed by atoms with E-state index in [0.29, 0.717) is 18.7 Å². The van der Waals surface area contributed by atoms with Crippen molar-refractivity contribution in [3.8, 4) is 0 Å². The van der Waals surface area contributed by atoms with Crippen LogP contribution in [0.2, 0.25) is 0 Å². The van der Waals surface area contributed by atoms with Crippen molar-refractivity contribution in [2.75, 3.05) is 7.05 Å². The summed E-state index contributed by atoms with van der Waals surface area (Å²) in [4.78, 5) is 2.02. The van der Waals surface area contributed by atoms with Gasteiger partial charge in [0.25, 0.3) is 0 Å². The van der Waals surface area contributed by atoms with Crippen LogP contribution in [-0.2, 0) is 13.1 Å². The predicted molar refractivity (Wildman–Crippen MR) is 65.0 cm³/mol. The highest BCUT2D eigenvalue weighted by Gasteiger charge is 2.07. The predicted octanol–water partition coefficient (Wildman–Crippen LogP) is 3.36. The summed E-state index contributed by atoms with van der Waals surface area (Å²) in [6, 6.07) is 10.7. The molecule has 17 heavy (non-hydrogen) atoms. The minimum Gasteiger partial charge on any atom is -0.465 e. The van der Waals surface area contributed by atoms with Gasteiger partial charge in [0.05, 0.1) is 6.54 Å². The summed E-state index contributed by atoms with van der Waals surface area (Å²) in [5, 5.41) is 0. The third-order valence-electron chi connectivity index (χ3n) is 2.62. The summed E-state index contributed by atoms with van der Waals surface area (Å²) < 4.78 is 18.9. The first kappa shape index (κ1) is 11.9. The normalized spacial score (nSPS) is 11.1. The maximum absolute atomic E-state index is 13.4. The second kappa shape index (κ2) is 5.15. The second-order valence-corrected chi connectivity index (χ2v) is 4.28. The van der Waals surface area contributed by atoms with Gasteiger partial charge in [-0.05, 0) is 32.2 Å². The fraction of sp³-hybridized carbons (Fsp3) is 0.286. The van der Waals surface area contributed by atoms with Crippen molar-refractivity contribution < 1.29 is 8.81 Å². The molecule has 90 valence electrons. The van der Waals surface area contributed by atoms with Gasteiger partial charge in [-0.25, -0.2) is 4.39 Å². The Morgan fingerprint density at radius 1 is 1.12 bits per heavy atom. The molecule has 0 spiro atoms. The van der Waals surface area contributed by atoms with E-state index in [-0.39, 0.29) is 5.82 Å². The molecule has 0 saturated heterocycles. The molecule has 1 aromatic heterocycles. The van der Waals surface area contributed by atoms with E-state index >= 15 is 0 Å². The van der Waals surface area contributed by atoms with Crippen LogP contribution in [0.15, 0.2) is 40.8 Å². The first-order chi connectivity index (χ1) is 8.15. The number of hydrogen-bond acceptors (Lipinski definition) is 2. The SMILES string of the molecule is Cc1ccc(CN(C)Cc2ccccc2F)o1. The van der Waals surface area contributed by atoms with Crippen LogP contribution in [0.25, 0.3) is 0 Å². The number of hydrogen-bond donors (Lipinski definition) is 0. The Hall–Kier alpha value is -1.61. The molecule has 2 aromatic rings. The summed E-state index contributed by atoms with van der Waals surface area (Å²) in [7, 11) is 1.95. The molecule has 0 unspecified atom stereocenters. The highest BCUT2D eigenvalue weighted by atomic mass is 19.1. The lowest BCUT2D eigenvalue weighted by Crippen LogP contribution is -2.17. The quantitative estimate of drug-likeness (QED) is 0.805. The molecule has 0 atom stereocenters. The molecule has 2 nitrogen and oxygen atoms in total. The third-order valence-corrected chi connectivity index (χ3v) is 2.62. The lowest BCUT2D eigenvalue weighted by Gasteiger charge is -2.15. The van der Waals surface area contributed by atoms with E-state index in [1.54, 1.807) is 12.1 Å². The van der Waals surface area contributed by atoms with Crippen molar-refractivity contribution in [1.82, 2.24) is 4.90 Å². The van der Waals surface area contributed by atoms with Crippen molar-refractivity contribution >= 4 is 0 Å². The Labute approximate surface area is 101 Å². The Morgan fingerprint density at radius 3 is 2.53 bits per heavy atom. The van der Waals surface area contributed by atoms with Gasteiger partial charge in [0, 0.05) is 12.1 Å². The molecule has 0 fully saturated rings. The fourth-order valence-corrected chi connectivity index (χ4v) is 1.81. The van der Waals surface area contributed by atoms with Gasteiger partial charge >= 0.3 is 0 Å². The zero-order valence-electron chi connectivity index (χ0n) is 10.1. The largest absolute Gasteiger partial charge is 0.465 e. The smallest absolute Gasteiger partial charge is 0.127 e. The Balaban J connectivity index is 1.98. The minimum absolute atomic E-state index is 0.157. The minimum atomic E-state index is -0.157. The van der Waals surface area contributed by atoms with E-state index < -0.39 is 0 Å². The van der Waals surface area contributed by atoms with Crippen LogP contribution in [0.5, 0.6) is 0 Å². The zero-order chi connectivity index (χ0) is 12.3. The molecule has 0 aliphatic rings. The summed E-state index contributed by atoms with van der Waals surface area (Å²) in [6.45, 7) is 3.18. The Morgan fingerprint density at radius 2 is 1.88 bits per heavy atom. The van der Waals surface area contributed by atoms with E-state index in [9.17, 15) is 4.39 Å². The lowest BCUT2D eigenvalue weighted by atomic mass is 10.2. The standard InChI is InChI=1S/C14H16FNO/c1-11-7-8-13(17-11)10-16(2)9-12-5-3-4-6-14(12)15/h3-8H,9-10H2,1-2H3. The number of halogens is 1. The Bertz CT molecular complexity index is 492. The fourth-order valence-electron chi connectivity index (χ4n) is 1.81.